The first kappa shape index (κ1) is 20.9. The molecule has 0 saturated carbocycles. The zero-order chi connectivity index (χ0) is 20.8. The van der Waals surface area contributed by atoms with Crippen LogP contribution in [0.25, 0.3) is 0 Å². The molecule has 6 nitrogen and oxygen atoms in total. The van der Waals surface area contributed by atoms with E-state index in [1.807, 2.05) is 43.3 Å². The molecule has 1 saturated heterocycles. The van der Waals surface area contributed by atoms with Gasteiger partial charge in [0.25, 0.3) is 5.91 Å². The van der Waals surface area contributed by atoms with Gasteiger partial charge in [-0.15, -0.1) is 0 Å². The van der Waals surface area contributed by atoms with E-state index < -0.39 is 24.4 Å². The van der Waals surface area contributed by atoms with E-state index in [1.54, 1.807) is 17.0 Å². The highest BCUT2D eigenvalue weighted by Gasteiger charge is 2.35. The van der Waals surface area contributed by atoms with Crippen molar-refractivity contribution in [2.24, 2.45) is 5.92 Å². The zero-order valence-electron chi connectivity index (χ0n) is 16.2. The summed E-state index contributed by atoms with van der Waals surface area (Å²) >= 11 is 6.08. The fourth-order valence-electron chi connectivity index (χ4n) is 3.22. The smallest absolute Gasteiger partial charge is 0.311 e. The molecule has 1 heterocycles. The second-order valence-electron chi connectivity index (χ2n) is 7.12. The van der Waals surface area contributed by atoms with E-state index >= 15 is 0 Å². The molecule has 1 fully saturated rings. The number of amides is 2. The van der Waals surface area contributed by atoms with Crippen LogP contribution in [0.5, 0.6) is 0 Å². The van der Waals surface area contributed by atoms with Gasteiger partial charge in [0.15, 0.2) is 6.61 Å². The summed E-state index contributed by atoms with van der Waals surface area (Å²) in [6, 6.07) is 15.1. The Morgan fingerprint density at radius 2 is 1.97 bits per heavy atom. The van der Waals surface area contributed by atoms with E-state index in [-0.39, 0.29) is 12.3 Å². The molecule has 152 valence electrons. The molecule has 0 unspecified atom stereocenters. The predicted molar refractivity (Wildman–Crippen MR) is 111 cm³/mol. The maximum Gasteiger partial charge on any atom is 0.311 e. The van der Waals surface area contributed by atoms with Gasteiger partial charge in [-0.25, -0.2) is 0 Å². The lowest BCUT2D eigenvalue weighted by Gasteiger charge is -2.16. The molecule has 0 spiro atoms. The number of ether oxygens (including phenoxy) is 1. The van der Waals surface area contributed by atoms with E-state index in [0.29, 0.717) is 23.8 Å². The van der Waals surface area contributed by atoms with Gasteiger partial charge >= 0.3 is 5.97 Å². The molecule has 1 N–H and O–H groups in total. The molecule has 1 aliphatic rings. The monoisotopic (exact) mass is 414 g/mol. The molecule has 2 aromatic rings. The lowest BCUT2D eigenvalue weighted by atomic mass is 10.1. The lowest BCUT2D eigenvalue weighted by Crippen LogP contribution is -2.29. The van der Waals surface area contributed by atoms with Crippen LogP contribution < -0.4 is 5.32 Å². The van der Waals surface area contributed by atoms with Gasteiger partial charge in [-0.05, 0) is 36.6 Å². The third-order valence-corrected chi connectivity index (χ3v) is 5.12. The largest absolute Gasteiger partial charge is 0.455 e. The molecule has 1 aliphatic heterocycles. The molecule has 0 bridgehead atoms. The molecule has 1 atom stereocenters. The Kier molecular flexibility index (Phi) is 6.88. The predicted octanol–water partition coefficient (Wildman–Crippen LogP) is 3.22. The summed E-state index contributed by atoms with van der Waals surface area (Å²) in [5, 5.41) is 3.03. The van der Waals surface area contributed by atoms with E-state index in [0.717, 1.165) is 17.5 Å². The SMILES string of the molecule is Cc1ccc(NC(=O)COC(=O)[C@H]2CC(=O)N(CCc3ccccc3)C2)c(Cl)c1. The minimum atomic E-state index is -0.547. The molecule has 0 aliphatic carbocycles. The van der Waals surface area contributed by atoms with E-state index in [4.69, 9.17) is 16.3 Å². The highest BCUT2D eigenvalue weighted by atomic mass is 35.5. The first-order chi connectivity index (χ1) is 13.9. The summed E-state index contributed by atoms with van der Waals surface area (Å²) in [7, 11) is 0. The number of hydrogen-bond donors (Lipinski definition) is 1. The van der Waals surface area contributed by atoms with Crippen LogP contribution in [0, 0.1) is 12.8 Å². The van der Waals surface area contributed by atoms with Crippen LogP contribution in [0.15, 0.2) is 48.5 Å². The van der Waals surface area contributed by atoms with Crippen molar-refractivity contribution in [3.05, 3.63) is 64.7 Å². The minimum Gasteiger partial charge on any atom is -0.455 e. The number of nitrogens with zero attached hydrogens (tertiary/aromatic N) is 1. The number of anilines is 1. The quantitative estimate of drug-likeness (QED) is 0.706. The molecular formula is C22H23ClN2O4. The molecule has 0 radical (unpaired) electrons. The average Bonchev–Trinajstić information content (AvgIpc) is 3.08. The first-order valence-corrected chi connectivity index (χ1v) is 9.84. The van der Waals surface area contributed by atoms with Crippen LogP contribution >= 0.6 is 11.6 Å². The van der Waals surface area contributed by atoms with Gasteiger partial charge < -0.3 is 15.0 Å². The standard InChI is InChI=1S/C22H23ClN2O4/c1-15-7-8-19(18(23)11-15)24-20(26)14-29-22(28)17-12-21(27)25(13-17)10-9-16-5-3-2-4-6-16/h2-8,11,17H,9-10,12-14H2,1H3,(H,24,26)/t17-/m0/s1. The Labute approximate surface area is 174 Å². The third-order valence-electron chi connectivity index (χ3n) is 4.81. The number of benzene rings is 2. The maximum atomic E-state index is 12.3. The van der Waals surface area contributed by atoms with Crippen molar-refractivity contribution in [1.29, 1.82) is 0 Å². The second kappa shape index (κ2) is 9.56. The van der Waals surface area contributed by atoms with Crippen molar-refractivity contribution in [2.75, 3.05) is 25.0 Å². The molecular weight excluding hydrogens is 392 g/mol. The fourth-order valence-corrected chi connectivity index (χ4v) is 3.50. The first-order valence-electron chi connectivity index (χ1n) is 9.46. The van der Waals surface area contributed by atoms with Crippen LogP contribution in [0.4, 0.5) is 5.69 Å². The number of halogens is 1. The van der Waals surface area contributed by atoms with Crippen molar-refractivity contribution in [3.8, 4) is 0 Å². The van der Waals surface area contributed by atoms with E-state index in [9.17, 15) is 14.4 Å². The normalized spacial score (nSPS) is 16.0. The second-order valence-corrected chi connectivity index (χ2v) is 7.52. The highest BCUT2D eigenvalue weighted by Crippen LogP contribution is 2.23. The summed E-state index contributed by atoms with van der Waals surface area (Å²) in [5.74, 6) is -1.63. The minimum absolute atomic E-state index is 0.0706. The lowest BCUT2D eigenvalue weighted by molar-refractivity contribution is -0.151. The van der Waals surface area contributed by atoms with E-state index in [2.05, 4.69) is 5.32 Å². The molecule has 2 amide bonds. The van der Waals surface area contributed by atoms with Crippen LogP contribution in [0.1, 0.15) is 17.5 Å². The Bertz CT molecular complexity index is 901. The Morgan fingerprint density at radius 3 is 2.69 bits per heavy atom. The Morgan fingerprint density at radius 1 is 1.21 bits per heavy atom. The van der Waals surface area contributed by atoms with E-state index in [1.165, 1.54) is 0 Å². The number of carbonyl (C=O) groups is 3. The molecule has 0 aromatic heterocycles. The van der Waals surface area contributed by atoms with Crippen LogP contribution in [0.2, 0.25) is 5.02 Å². The summed E-state index contributed by atoms with van der Waals surface area (Å²) in [6.07, 6.45) is 0.840. The molecule has 2 aromatic carbocycles. The van der Waals surface area contributed by atoms with Crippen LogP contribution in [-0.4, -0.2) is 42.4 Å². The highest BCUT2D eigenvalue weighted by molar-refractivity contribution is 6.33. The van der Waals surface area contributed by atoms with Crippen molar-refractivity contribution >= 4 is 35.1 Å². The molecule has 7 heteroatoms. The van der Waals surface area contributed by atoms with Crippen molar-refractivity contribution in [1.82, 2.24) is 4.90 Å². The van der Waals surface area contributed by atoms with Crippen molar-refractivity contribution in [2.45, 2.75) is 19.8 Å². The van der Waals surface area contributed by atoms with Gasteiger partial charge in [0, 0.05) is 19.5 Å². The number of esters is 1. The zero-order valence-corrected chi connectivity index (χ0v) is 16.9. The Balaban J connectivity index is 1.44. The van der Waals surface area contributed by atoms with Gasteiger partial charge in [0.05, 0.1) is 16.6 Å². The van der Waals surface area contributed by atoms with Crippen LogP contribution in [0.3, 0.4) is 0 Å². The number of rotatable bonds is 7. The number of aryl methyl sites for hydroxylation is 1. The van der Waals surface area contributed by atoms with Gasteiger partial charge in [0.2, 0.25) is 5.91 Å². The topological polar surface area (TPSA) is 75.7 Å². The van der Waals surface area contributed by atoms with Gasteiger partial charge in [-0.3, -0.25) is 14.4 Å². The Hall–Kier alpha value is -2.86. The molecule has 3 rings (SSSR count). The summed E-state index contributed by atoms with van der Waals surface area (Å²) in [6.45, 7) is 2.35. The number of nitrogens with one attached hydrogen (secondary N) is 1. The fraction of sp³-hybridized carbons (Fsp3) is 0.318. The summed E-state index contributed by atoms with van der Waals surface area (Å²) in [5.41, 5.74) is 2.57. The summed E-state index contributed by atoms with van der Waals surface area (Å²) in [4.78, 5) is 38.2. The number of carbonyl (C=O) groups excluding carboxylic acids is 3. The summed E-state index contributed by atoms with van der Waals surface area (Å²) < 4.78 is 5.11. The van der Waals surface area contributed by atoms with Crippen molar-refractivity contribution < 1.29 is 19.1 Å². The van der Waals surface area contributed by atoms with Gasteiger partial charge in [-0.2, -0.15) is 0 Å². The maximum absolute atomic E-state index is 12.3. The number of likely N-dealkylation sites (tertiary alicyclic amines) is 1. The van der Waals surface area contributed by atoms with Crippen molar-refractivity contribution in [3.63, 3.8) is 0 Å². The third kappa shape index (κ3) is 5.81. The molecule has 29 heavy (non-hydrogen) atoms. The van der Waals surface area contributed by atoms with Gasteiger partial charge in [0.1, 0.15) is 0 Å². The number of hydrogen-bond acceptors (Lipinski definition) is 4. The van der Waals surface area contributed by atoms with Crippen LogP contribution in [-0.2, 0) is 25.5 Å². The van der Waals surface area contributed by atoms with Gasteiger partial charge in [-0.1, -0.05) is 48.0 Å². The average molecular weight is 415 g/mol.